The van der Waals surface area contributed by atoms with Crippen LogP contribution >= 0.6 is 0 Å². The van der Waals surface area contributed by atoms with Crippen LogP contribution < -0.4 is 10.6 Å². The zero-order valence-corrected chi connectivity index (χ0v) is 15.7. The van der Waals surface area contributed by atoms with Crippen molar-refractivity contribution in [2.24, 2.45) is 0 Å². The lowest BCUT2D eigenvalue weighted by atomic mass is 10.1. The van der Waals surface area contributed by atoms with Gasteiger partial charge < -0.3 is 19.8 Å². The molecular formula is C18H24N2O5S. The van der Waals surface area contributed by atoms with Gasteiger partial charge >= 0.3 is 6.03 Å². The number of nitrogens with one attached hydrogen (secondary N) is 2. The Morgan fingerprint density at radius 1 is 1.23 bits per heavy atom. The molecule has 0 saturated heterocycles. The summed E-state index contributed by atoms with van der Waals surface area (Å²) in [6, 6.07) is 9.60. The molecule has 1 unspecified atom stereocenters. The zero-order chi connectivity index (χ0) is 19.0. The van der Waals surface area contributed by atoms with Crippen LogP contribution in [0.5, 0.6) is 0 Å². The maximum atomic E-state index is 11.9. The summed E-state index contributed by atoms with van der Waals surface area (Å²) in [4.78, 5) is 12.2. The fraction of sp³-hybridized carbons (Fsp3) is 0.389. The number of hydrogen-bond donors (Lipinski definition) is 2. The smallest absolute Gasteiger partial charge is 0.315 e. The Morgan fingerprint density at radius 2 is 1.96 bits per heavy atom. The quantitative estimate of drug-likeness (QED) is 0.652. The van der Waals surface area contributed by atoms with E-state index in [0.717, 1.165) is 17.6 Å². The second kappa shape index (κ2) is 9.40. The normalized spacial score (nSPS) is 12.5. The highest BCUT2D eigenvalue weighted by Crippen LogP contribution is 2.16. The number of amides is 2. The third-order valence-electron chi connectivity index (χ3n) is 3.73. The number of ether oxygens (including phenoxy) is 1. The number of sulfone groups is 1. The summed E-state index contributed by atoms with van der Waals surface area (Å²) in [6.45, 7) is 3.26. The van der Waals surface area contributed by atoms with Crippen molar-refractivity contribution in [1.82, 2.24) is 10.6 Å². The molecule has 0 fully saturated rings. The van der Waals surface area contributed by atoms with Gasteiger partial charge in [0.2, 0.25) is 0 Å². The molecule has 1 aromatic heterocycles. The van der Waals surface area contributed by atoms with Crippen LogP contribution in [0.4, 0.5) is 4.79 Å². The lowest BCUT2D eigenvalue weighted by Gasteiger charge is -2.15. The minimum atomic E-state index is -3.22. The fourth-order valence-electron chi connectivity index (χ4n) is 2.28. The Bertz CT molecular complexity index is 785. The van der Waals surface area contributed by atoms with Crippen molar-refractivity contribution in [3.63, 3.8) is 0 Å². The SMILES string of the molecule is CC(NC(=O)NCCCOCc1ccco1)c1ccc(S(C)(=O)=O)cc1. The third-order valence-corrected chi connectivity index (χ3v) is 4.86. The van der Waals surface area contributed by atoms with Gasteiger partial charge in [-0.25, -0.2) is 13.2 Å². The van der Waals surface area contributed by atoms with Gasteiger partial charge in [0.1, 0.15) is 12.4 Å². The highest BCUT2D eigenvalue weighted by Gasteiger charge is 2.11. The minimum absolute atomic E-state index is 0.237. The molecule has 26 heavy (non-hydrogen) atoms. The first-order valence-electron chi connectivity index (χ1n) is 8.31. The largest absolute Gasteiger partial charge is 0.467 e. The zero-order valence-electron chi connectivity index (χ0n) is 14.9. The first kappa shape index (κ1) is 20.0. The molecule has 7 nitrogen and oxygen atoms in total. The van der Waals surface area contributed by atoms with Gasteiger partial charge in [-0.05, 0) is 43.2 Å². The lowest BCUT2D eigenvalue weighted by Crippen LogP contribution is -2.37. The maximum Gasteiger partial charge on any atom is 0.315 e. The van der Waals surface area contributed by atoms with E-state index in [1.807, 2.05) is 13.0 Å². The molecule has 142 valence electrons. The Labute approximate surface area is 153 Å². The molecule has 8 heteroatoms. The molecule has 0 spiro atoms. The number of carbonyl (C=O) groups excluding carboxylic acids is 1. The van der Waals surface area contributed by atoms with E-state index in [1.54, 1.807) is 24.5 Å². The van der Waals surface area contributed by atoms with Crippen molar-refractivity contribution in [3.8, 4) is 0 Å². The van der Waals surface area contributed by atoms with Crippen LogP contribution in [0.1, 0.15) is 30.7 Å². The van der Waals surface area contributed by atoms with Gasteiger partial charge in [0.05, 0.1) is 17.2 Å². The van der Waals surface area contributed by atoms with Crippen LogP contribution in [0.2, 0.25) is 0 Å². The van der Waals surface area contributed by atoms with Gasteiger partial charge in [-0.15, -0.1) is 0 Å². The van der Waals surface area contributed by atoms with Crippen LogP contribution in [-0.4, -0.2) is 33.9 Å². The van der Waals surface area contributed by atoms with Gasteiger partial charge in [-0.3, -0.25) is 0 Å². The number of rotatable bonds is 9. The summed E-state index contributed by atoms with van der Waals surface area (Å²) >= 11 is 0. The maximum absolute atomic E-state index is 11.9. The van der Waals surface area contributed by atoms with Crippen molar-refractivity contribution >= 4 is 15.9 Å². The Morgan fingerprint density at radius 3 is 2.58 bits per heavy atom. The summed E-state index contributed by atoms with van der Waals surface area (Å²) < 4.78 is 33.5. The summed E-state index contributed by atoms with van der Waals surface area (Å²) in [5, 5.41) is 5.58. The molecule has 0 aliphatic heterocycles. The summed E-state index contributed by atoms with van der Waals surface area (Å²) in [6.07, 6.45) is 3.45. The van der Waals surface area contributed by atoms with Crippen molar-refractivity contribution < 1.29 is 22.4 Å². The van der Waals surface area contributed by atoms with Crippen LogP contribution in [-0.2, 0) is 21.2 Å². The van der Waals surface area contributed by atoms with E-state index < -0.39 is 9.84 Å². The van der Waals surface area contributed by atoms with E-state index in [1.165, 1.54) is 12.1 Å². The van der Waals surface area contributed by atoms with Gasteiger partial charge in [0.15, 0.2) is 9.84 Å². The van der Waals surface area contributed by atoms with Gasteiger partial charge in [0, 0.05) is 19.4 Å². The topological polar surface area (TPSA) is 97.6 Å². The molecule has 2 amide bonds. The Balaban J connectivity index is 1.65. The predicted molar refractivity (Wildman–Crippen MR) is 97.5 cm³/mol. The van der Waals surface area contributed by atoms with Crippen LogP contribution in [0.3, 0.4) is 0 Å². The highest BCUT2D eigenvalue weighted by molar-refractivity contribution is 7.90. The first-order valence-corrected chi connectivity index (χ1v) is 10.2. The van der Waals surface area contributed by atoms with Gasteiger partial charge in [-0.1, -0.05) is 12.1 Å². The standard InChI is InChI=1S/C18H24N2O5S/c1-14(15-6-8-17(9-7-15)26(2,22)23)20-18(21)19-10-4-11-24-13-16-5-3-12-25-16/h3,5-9,12,14H,4,10-11,13H2,1-2H3,(H2,19,20,21). The average molecular weight is 380 g/mol. The highest BCUT2D eigenvalue weighted by atomic mass is 32.2. The molecule has 2 aromatic rings. The van der Waals surface area contributed by atoms with E-state index in [0.29, 0.717) is 26.2 Å². The molecule has 1 atom stereocenters. The number of furan rings is 1. The molecule has 0 saturated carbocycles. The molecule has 2 N–H and O–H groups in total. The van der Waals surface area contributed by atoms with E-state index in [4.69, 9.17) is 9.15 Å². The van der Waals surface area contributed by atoms with Crippen LogP contribution in [0.15, 0.2) is 52.0 Å². The van der Waals surface area contributed by atoms with Crippen molar-refractivity contribution in [2.75, 3.05) is 19.4 Å². The van der Waals surface area contributed by atoms with E-state index in [9.17, 15) is 13.2 Å². The summed E-state index contributed by atoms with van der Waals surface area (Å²) in [7, 11) is -3.22. The minimum Gasteiger partial charge on any atom is -0.467 e. The number of urea groups is 1. The second-order valence-electron chi connectivity index (χ2n) is 5.95. The van der Waals surface area contributed by atoms with E-state index in [-0.39, 0.29) is 17.0 Å². The second-order valence-corrected chi connectivity index (χ2v) is 7.96. The monoisotopic (exact) mass is 380 g/mol. The Kier molecular flexibility index (Phi) is 7.23. The molecule has 2 rings (SSSR count). The van der Waals surface area contributed by atoms with E-state index in [2.05, 4.69) is 10.6 Å². The molecule has 0 aliphatic carbocycles. The average Bonchev–Trinajstić information content (AvgIpc) is 3.10. The fourth-order valence-corrected chi connectivity index (χ4v) is 2.91. The predicted octanol–water partition coefficient (Wildman–Crippen LogP) is 2.65. The van der Waals surface area contributed by atoms with Crippen molar-refractivity contribution in [2.45, 2.75) is 30.9 Å². The molecule has 0 radical (unpaired) electrons. The van der Waals surface area contributed by atoms with Crippen LogP contribution in [0.25, 0.3) is 0 Å². The van der Waals surface area contributed by atoms with E-state index >= 15 is 0 Å². The number of hydrogen-bond acceptors (Lipinski definition) is 5. The van der Waals surface area contributed by atoms with Crippen molar-refractivity contribution in [3.05, 3.63) is 54.0 Å². The molecule has 1 aromatic carbocycles. The Hall–Kier alpha value is -2.32. The molecule has 0 aliphatic rings. The summed E-state index contributed by atoms with van der Waals surface area (Å²) in [5.41, 5.74) is 0.828. The number of carbonyl (C=O) groups is 1. The van der Waals surface area contributed by atoms with Gasteiger partial charge in [-0.2, -0.15) is 0 Å². The third kappa shape index (κ3) is 6.53. The molecule has 0 bridgehead atoms. The number of benzene rings is 1. The van der Waals surface area contributed by atoms with Crippen LogP contribution in [0, 0.1) is 0 Å². The van der Waals surface area contributed by atoms with Crippen molar-refractivity contribution in [1.29, 1.82) is 0 Å². The molecular weight excluding hydrogens is 356 g/mol. The first-order chi connectivity index (χ1) is 12.4. The summed E-state index contributed by atoms with van der Waals surface area (Å²) in [5.74, 6) is 0.770. The van der Waals surface area contributed by atoms with Gasteiger partial charge in [0.25, 0.3) is 0 Å². The molecule has 1 heterocycles. The lowest BCUT2D eigenvalue weighted by molar-refractivity contribution is 0.104.